The van der Waals surface area contributed by atoms with Crippen LogP contribution in [0.15, 0.2) is 42.5 Å². The monoisotopic (exact) mass is 359 g/mol. The number of amides is 2. The normalized spacial score (nSPS) is 11.9. The summed E-state index contributed by atoms with van der Waals surface area (Å²) in [6.45, 7) is 4.67. The zero-order chi connectivity index (χ0) is 19.1. The van der Waals surface area contributed by atoms with E-state index in [1.165, 1.54) is 23.8 Å². The number of hydrogen-bond donors (Lipinski definition) is 2. The van der Waals surface area contributed by atoms with E-state index in [1.807, 2.05) is 21.0 Å². The number of carbonyl (C=O) groups is 1. The fraction of sp³-hybridized carbons (Fsp3) is 0.350. The number of anilines is 1. The van der Waals surface area contributed by atoms with Crippen molar-refractivity contribution in [1.82, 2.24) is 10.2 Å². The SMILES string of the molecule is CCOc1cc(F)ccc1NC(=O)NCC(c1ccc(C)cc1)N(C)C. The summed E-state index contributed by atoms with van der Waals surface area (Å²) in [7, 11) is 3.94. The van der Waals surface area contributed by atoms with Crippen molar-refractivity contribution in [2.24, 2.45) is 0 Å². The van der Waals surface area contributed by atoms with Gasteiger partial charge in [-0.3, -0.25) is 0 Å². The molecule has 0 saturated carbocycles. The Kier molecular flexibility index (Phi) is 6.97. The Labute approximate surface area is 154 Å². The van der Waals surface area contributed by atoms with Crippen LogP contribution in [0.4, 0.5) is 14.9 Å². The highest BCUT2D eigenvalue weighted by molar-refractivity contribution is 5.90. The van der Waals surface area contributed by atoms with Gasteiger partial charge in [-0.25, -0.2) is 9.18 Å². The average molecular weight is 359 g/mol. The van der Waals surface area contributed by atoms with Gasteiger partial charge in [-0.2, -0.15) is 0 Å². The van der Waals surface area contributed by atoms with E-state index >= 15 is 0 Å². The predicted octanol–water partition coefficient (Wildman–Crippen LogP) is 3.96. The van der Waals surface area contributed by atoms with Crippen LogP contribution in [0.1, 0.15) is 24.1 Å². The highest BCUT2D eigenvalue weighted by Gasteiger charge is 2.16. The molecule has 0 fully saturated rings. The van der Waals surface area contributed by atoms with Crippen LogP contribution in [-0.2, 0) is 0 Å². The first kappa shape index (κ1) is 19.7. The van der Waals surface area contributed by atoms with E-state index in [-0.39, 0.29) is 12.1 Å². The van der Waals surface area contributed by atoms with Crippen LogP contribution in [0.25, 0.3) is 0 Å². The van der Waals surface area contributed by atoms with Crippen molar-refractivity contribution in [3.05, 3.63) is 59.4 Å². The molecular weight excluding hydrogens is 333 g/mol. The van der Waals surface area contributed by atoms with Gasteiger partial charge in [0.05, 0.1) is 18.3 Å². The molecule has 0 aromatic heterocycles. The Morgan fingerprint density at radius 3 is 2.50 bits per heavy atom. The first-order valence-electron chi connectivity index (χ1n) is 8.61. The van der Waals surface area contributed by atoms with E-state index in [9.17, 15) is 9.18 Å². The topological polar surface area (TPSA) is 53.6 Å². The molecule has 0 aliphatic heterocycles. The highest BCUT2D eigenvalue weighted by atomic mass is 19.1. The lowest BCUT2D eigenvalue weighted by molar-refractivity contribution is 0.243. The van der Waals surface area contributed by atoms with Crippen LogP contribution < -0.4 is 15.4 Å². The van der Waals surface area contributed by atoms with Crippen molar-refractivity contribution < 1.29 is 13.9 Å². The van der Waals surface area contributed by atoms with Gasteiger partial charge in [0, 0.05) is 12.6 Å². The maximum absolute atomic E-state index is 13.4. The van der Waals surface area contributed by atoms with Crippen LogP contribution >= 0.6 is 0 Å². The summed E-state index contributed by atoms with van der Waals surface area (Å²) in [6.07, 6.45) is 0. The number of likely N-dealkylation sites (N-methyl/N-ethyl adjacent to an activating group) is 1. The number of ether oxygens (including phenoxy) is 1. The molecule has 2 rings (SSSR count). The summed E-state index contributed by atoms with van der Waals surface area (Å²) >= 11 is 0. The lowest BCUT2D eigenvalue weighted by Crippen LogP contribution is -2.37. The quantitative estimate of drug-likeness (QED) is 0.787. The summed E-state index contributed by atoms with van der Waals surface area (Å²) in [5.41, 5.74) is 2.75. The fourth-order valence-electron chi connectivity index (χ4n) is 2.62. The van der Waals surface area contributed by atoms with Crippen LogP contribution in [0.3, 0.4) is 0 Å². The predicted molar refractivity (Wildman–Crippen MR) is 102 cm³/mol. The minimum absolute atomic E-state index is 0.0425. The zero-order valence-corrected chi connectivity index (χ0v) is 15.7. The van der Waals surface area contributed by atoms with Crippen LogP contribution in [-0.4, -0.2) is 38.2 Å². The van der Waals surface area contributed by atoms with E-state index in [0.29, 0.717) is 24.6 Å². The van der Waals surface area contributed by atoms with E-state index in [4.69, 9.17) is 4.74 Å². The molecule has 6 heteroatoms. The number of benzene rings is 2. The van der Waals surface area contributed by atoms with Crippen molar-refractivity contribution >= 4 is 11.7 Å². The van der Waals surface area contributed by atoms with Gasteiger partial charge in [0.1, 0.15) is 11.6 Å². The largest absolute Gasteiger partial charge is 0.492 e. The van der Waals surface area contributed by atoms with Gasteiger partial charge in [-0.05, 0) is 45.6 Å². The van der Waals surface area contributed by atoms with Crippen LogP contribution in [0, 0.1) is 12.7 Å². The van der Waals surface area contributed by atoms with Gasteiger partial charge in [-0.1, -0.05) is 29.8 Å². The lowest BCUT2D eigenvalue weighted by atomic mass is 10.0. The third-order valence-electron chi connectivity index (χ3n) is 4.03. The molecule has 0 saturated heterocycles. The molecule has 0 aliphatic rings. The fourth-order valence-corrected chi connectivity index (χ4v) is 2.62. The standard InChI is InChI=1S/C20H26FN3O2/c1-5-26-19-12-16(21)10-11-17(19)23-20(25)22-13-18(24(3)4)15-8-6-14(2)7-9-15/h6-12,18H,5,13H2,1-4H3,(H2,22,23,25). The summed E-state index contributed by atoms with van der Waals surface area (Å²) in [5.74, 6) is -0.100. The summed E-state index contributed by atoms with van der Waals surface area (Å²) in [6, 6.07) is 11.9. The summed E-state index contributed by atoms with van der Waals surface area (Å²) in [4.78, 5) is 14.3. The molecule has 0 radical (unpaired) electrons. The second-order valence-corrected chi connectivity index (χ2v) is 6.30. The van der Waals surface area contributed by atoms with Gasteiger partial charge in [0.15, 0.2) is 0 Å². The van der Waals surface area contributed by atoms with Crippen LogP contribution in [0.5, 0.6) is 5.75 Å². The number of hydrogen-bond acceptors (Lipinski definition) is 3. The maximum Gasteiger partial charge on any atom is 0.319 e. The molecule has 0 heterocycles. The molecule has 1 atom stereocenters. The number of halogens is 1. The van der Waals surface area contributed by atoms with Gasteiger partial charge in [0.2, 0.25) is 0 Å². The first-order chi connectivity index (χ1) is 12.4. The highest BCUT2D eigenvalue weighted by Crippen LogP contribution is 2.25. The number of urea groups is 1. The molecule has 2 aromatic rings. The molecular formula is C20H26FN3O2. The maximum atomic E-state index is 13.4. The van der Waals surface area contributed by atoms with Crippen molar-refractivity contribution in [3.8, 4) is 5.75 Å². The Morgan fingerprint density at radius 1 is 1.19 bits per heavy atom. The van der Waals surface area contributed by atoms with Gasteiger partial charge >= 0.3 is 6.03 Å². The summed E-state index contributed by atoms with van der Waals surface area (Å²) < 4.78 is 18.7. The molecule has 0 aliphatic carbocycles. The minimum Gasteiger partial charge on any atom is -0.492 e. The minimum atomic E-state index is -0.411. The molecule has 5 nitrogen and oxygen atoms in total. The Bertz CT molecular complexity index is 732. The number of aryl methyl sites for hydroxylation is 1. The van der Waals surface area contributed by atoms with Gasteiger partial charge in [-0.15, -0.1) is 0 Å². The molecule has 0 bridgehead atoms. The molecule has 0 spiro atoms. The molecule has 1 unspecified atom stereocenters. The van der Waals surface area contributed by atoms with Crippen molar-refractivity contribution in [3.63, 3.8) is 0 Å². The molecule has 140 valence electrons. The second kappa shape index (κ2) is 9.20. The van der Waals surface area contributed by atoms with E-state index in [2.05, 4.69) is 39.8 Å². The molecule has 2 N–H and O–H groups in total. The van der Waals surface area contributed by atoms with E-state index < -0.39 is 5.82 Å². The van der Waals surface area contributed by atoms with Crippen LogP contribution in [0.2, 0.25) is 0 Å². The Balaban J connectivity index is 2.01. The third kappa shape index (κ3) is 5.46. The molecule has 26 heavy (non-hydrogen) atoms. The van der Waals surface area contributed by atoms with Gasteiger partial charge < -0.3 is 20.3 Å². The Morgan fingerprint density at radius 2 is 1.88 bits per heavy atom. The van der Waals surface area contributed by atoms with Crippen molar-refractivity contribution in [2.75, 3.05) is 32.6 Å². The van der Waals surface area contributed by atoms with E-state index in [1.54, 1.807) is 6.92 Å². The summed E-state index contributed by atoms with van der Waals surface area (Å²) in [5, 5.41) is 5.59. The third-order valence-corrected chi connectivity index (χ3v) is 4.03. The van der Waals surface area contributed by atoms with Crippen molar-refractivity contribution in [1.29, 1.82) is 0 Å². The smallest absolute Gasteiger partial charge is 0.319 e. The Hall–Kier alpha value is -2.60. The number of nitrogens with one attached hydrogen (secondary N) is 2. The number of rotatable bonds is 7. The molecule has 2 aromatic carbocycles. The average Bonchev–Trinajstić information content (AvgIpc) is 2.59. The lowest BCUT2D eigenvalue weighted by Gasteiger charge is -2.25. The zero-order valence-electron chi connectivity index (χ0n) is 15.7. The number of nitrogens with zero attached hydrogens (tertiary/aromatic N) is 1. The van der Waals surface area contributed by atoms with Crippen molar-refractivity contribution in [2.45, 2.75) is 19.9 Å². The van der Waals surface area contributed by atoms with E-state index in [0.717, 1.165) is 5.56 Å². The van der Waals surface area contributed by atoms with Gasteiger partial charge in [0.25, 0.3) is 0 Å². The second-order valence-electron chi connectivity index (χ2n) is 6.30. The number of carbonyl (C=O) groups excluding carboxylic acids is 1. The first-order valence-corrected chi connectivity index (χ1v) is 8.61. The molecule has 2 amide bonds.